The van der Waals surface area contributed by atoms with E-state index in [1.807, 2.05) is 12.1 Å². The lowest BCUT2D eigenvalue weighted by atomic mass is 10.4. The number of pyridine rings is 1. The van der Waals surface area contributed by atoms with E-state index in [0.29, 0.717) is 11.8 Å². The van der Waals surface area contributed by atoms with Crippen molar-refractivity contribution in [3.63, 3.8) is 0 Å². The topological polar surface area (TPSA) is 43.2 Å². The van der Waals surface area contributed by atoms with Gasteiger partial charge in [0, 0.05) is 31.5 Å². The third-order valence-corrected chi connectivity index (χ3v) is 3.61. The van der Waals surface area contributed by atoms with Crippen LogP contribution in [0.3, 0.4) is 0 Å². The van der Waals surface area contributed by atoms with Crippen LogP contribution in [-0.4, -0.2) is 52.6 Å². The molecule has 0 amide bonds. The number of fused-ring (bicyclic) bond motifs is 1. The number of hydrogen-bond acceptors (Lipinski definition) is 4. The van der Waals surface area contributed by atoms with Crippen LogP contribution in [-0.2, 0) is 13.0 Å². The molecule has 20 heavy (non-hydrogen) atoms. The predicted molar refractivity (Wildman–Crippen MR) is 81.7 cm³/mol. The number of likely N-dealkylation sites (N-methyl/N-ethyl adjacent to an activating group) is 1. The Kier molecular flexibility index (Phi) is 5.20. The van der Waals surface area contributed by atoms with E-state index in [4.69, 9.17) is 16.3 Å². The molecule has 5 nitrogen and oxygen atoms in total. The standard InChI is InChI=1S/C14H21ClN4O/c1-4-18(2)9-10-19-12(7-8-15)16-11-5-6-13(20-3)17-14(11)19/h5-6H,4,7-10H2,1-3H3. The van der Waals surface area contributed by atoms with E-state index < -0.39 is 0 Å². The number of aromatic nitrogens is 3. The van der Waals surface area contributed by atoms with Gasteiger partial charge in [0.15, 0.2) is 5.65 Å². The number of hydrogen-bond donors (Lipinski definition) is 0. The molecule has 0 aliphatic carbocycles. The van der Waals surface area contributed by atoms with Crippen molar-refractivity contribution >= 4 is 22.8 Å². The average molecular weight is 297 g/mol. The van der Waals surface area contributed by atoms with Crippen molar-refractivity contribution in [3.8, 4) is 5.88 Å². The maximum Gasteiger partial charge on any atom is 0.215 e. The maximum absolute atomic E-state index is 5.88. The fourth-order valence-electron chi connectivity index (χ4n) is 2.08. The van der Waals surface area contributed by atoms with Gasteiger partial charge in [-0.2, -0.15) is 4.98 Å². The second-order valence-electron chi connectivity index (χ2n) is 4.71. The van der Waals surface area contributed by atoms with Gasteiger partial charge in [0.2, 0.25) is 5.88 Å². The van der Waals surface area contributed by atoms with Gasteiger partial charge in [0.05, 0.1) is 7.11 Å². The van der Waals surface area contributed by atoms with E-state index >= 15 is 0 Å². The Balaban J connectivity index is 2.37. The van der Waals surface area contributed by atoms with Crippen LogP contribution in [0, 0.1) is 0 Å². The van der Waals surface area contributed by atoms with Crippen molar-refractivity contribution in [1.29, 1.82) is 0 Å². The first kappa shape index (κ1) is 15.1. The van der Waals surface area contributed by atoms with Crippen molar-refractivity contribution in [2.75, 3.05) is 33.1 Å². The van der Waals surface area contributed by atoms with Crippen molar-refractivity contribution in [3.05, 3.63) is 18.0 Å². The highest BCUT2D eigenvalue weighted by Crippen LogP contribution is 2.18. The lowest BCUT2D eigenvalue weighted by Crippen LogP contribution is -2.23. The van der Waals surface area contributed by atoms with Gasteiger partial charge in [-0.3, -0.25) is 0 Å². The summed E-state index contributed by atoms with van der Waals surface area (Å²) in [6.45, 7) is 4.98. The fourth-order valence-corrected chi connectivity index (χ4v) is 2.25. The summed E-state index contributed by atoms with van der Waals surface area (Å²) in [6, 6.07) is 3.78. The van der Waals surface area contributed by atoms with Crippen LogP contribution in [0.25, 0.3) is 11.2 Å². The van der Waals surface area contributed by atoms with Gasteiger partial charge >= 0.3 is 0 Å². The first-order chi connectivity index (χ1) is 9.69. The normalized spacial score (nSPS) is 11.4. The zero-order valence-electron chi connectivity index (χ0n) is 12.3. The number of alkyl halides is 1. The molecule has 0 saturated carbocycles. The largest absolute Gasteiger partial charge is 0.481 e. The summed E-state index contributed by atoms with van der Waals surface area (Å²) < 4.78 is 7.35. The Hall–Kier alpha value is -1.33. The highest BCUT2D eigenvalue weighted by molar-refractivity contribution is 6.17. The Labute approximate surface area is 124 Å². The van der Waals surface area contributed by atoms with Gasteiger partial charge in [0.1, 0.15) is 11.3 Å². The van der Waals surface area contributed by atoms with Gasteiger partial charge in [-0.05, 0) is 19.7 Å². The number of rotatable bonds is 7. The third kappa shape index (κ3) is 3.22. The summed E-state index contributed by atoms with van der Waals surface area (Å²) in [5, 5.41) is 0. The van der Waals surface area contributed by atoms with E-state index in [1.165, 1.54) is 0 Å². The molecule has 0 aromatic carbocycles. The third-order valence-electron chi connectivity index (χ3n) is 3.42. The van der Waals surface area contributed by atoms with E-state index in [-0.39, 0.29) is 0 Å². The highest BCUT2D eigenvalue weighted by atomic mass is 35.5. The minimum atomic E-state index is 0.560. The predicted octanol–water partition coefficient (Wildman–Crippen LogP) is 2.17. The summed E-state index contributed by atoms with van der Waals surface area (Å²) in [4.78, 5) is 11.4. The van der Waals surface area contributed by atoms with Crippen LogP contribution in [0.1, 0.15) is 12.7 Å². The molecule has 0 radical (unpaired) electrons. The summed E-state index contributed by atoms with van der Waals surface area (Å²) in [5.41, 5.74) is 1.76. The van der Waals surface area contributed by atoms with Crippen molar-refractivity contribution in [1.82, 2.24) is 19.4 Å². The van der Waals surface area contributed by atoms with Gasteiger partial charge in [-0.15, -0.1) is 11.6 Å². The molecular formula is C14H21ClN4O. The Morgan fingerprint density at radius 2 is 2.15 bits per heavy atom. The quantitative estimate of drug-likeness (QED) is 0.735. The van der Waals surface area contributed by atoms with E-state index in [2.05, 4.69) is 33.4 Å². The number of ether oxygens (including phenoxy) is 1. The van der Waals surface area contributed by atoms with Crippen molar-refractivity contribution < 1.29 is 4.74 Å². The average Bonchev–Trinajstić information content (AvgIpc) is 2.81. The lowest BCUT2D eigenvalue weighted by Gasteiger charge is -2.15. The fraction of sp³-hybridized carbons (Fsp3) is 0.571. The van der Waals surface area contributed by atoms with E-state index in [0.717, 1.165) is 43.0 Å². The molecule has 0 fully saturated rings. The molecule has 110 valence electrons. The first-order valence-corrected chi connectivity index (χ1v) is 7.37. The van der Waals surface area contributed by atoms with Crippen LogP contribution in [0.2, 0.25) is 0 Å². The molecule has 0 aliphatic rings. The zero-order chi connectivity index (χ0) is 14.5. The summed E-state index contributed by atoms with van der Waals surface area (Å²) >= 11 is 5.88. The molecule has 6 heteroatoms. The van der Waals surface area contributed by atoms with Gasteiger partial charge < -0.3 is 14.2 Å². The molecule has 2 aromatic heterocycles. The molecule has 0 aliphatic heterocycles. The van der Waals surface area contributed by atoms with Gasteiger partial charge in [0.25, 0.3) is 0 Å². The molecular weight excluding hydrogens is 276 g/mol. The number of aryl methyl sites for hydroxylation is 1. The monoisotopic (exact) mass is 296 g/mol. The van der Waals surface area contributed by atoms with E-state index in [1.54, 1.807) is 7.11 Å². The molecule has 2 rings (SSSR count). The van der Waals surface area contributed by atoms with Crippen LogP contribution < -0.4 is 4.74 Å². The van der Waals surface area contributed by atoms with Crippen molar-refractivity contribution in [2.24, 2.45) is 0 Å². The number of methoxy groups -OCH3 is 1. The lowest BCUT2D eigenvalue weighted by molar-refractivity contribution is 0.334. The molecule has 2 heterocycles. The molecule has 2 aromatic rings. The number of halogens is 1. The van der Waals surface area contributed by atoms with Crippen LogP contribution >= 0.6 is 11.6 Å². The molecule has 0 spiro atoms. The molecule has 0 bridgehead atoms. The summed E-state index contributed by atoms with van der Waals surface area (Å²) in [7, 11) is 3.73. The summed E-state index contributed by atoms with van der Waals surface area (Å²) in [6.07, 6.45) is 0.746. The SMILES string of the molecule is CCN(C)CCn1c(CCCl)nc2ccc(OC)nc21. The first-order valence-electron chi connectivity index (χ1n) is 6.84. The molecule has 0 atom stereocenters. The van der Waals surface area contributed by atoms with Crippen molar-refractivity contribution in [2.45, 2.75) is 19.9 Å². The number of imidazole rings is 1. The van der Waals surface area contributed by atoms with Crippen LogP contribution in [0.4, 0.5) is 0 Å². The Morgan fingerprint density at radius 3 is 2.80 bits per heavy atom. The Bertz CT molecular complexity index is 570. The summed E-state index contributed by atoms with van der Waals surface area (Å²) in [5.74, 6) is 2.16. The molecule has 0 saturated heterocycles. The maximum atomic E-state index is 5.88. The second kappa shape index (κ2) is 6.90. The van der Waals surface area contributed by atoms with Gasteiger partial charge in [-0.25, -0.2) is 4.98 Å². The molecule has 0 N–H and O–H groups in total. The number of nitrogens with zero attached hydrogens (tertiary/aromatic N) is 4. The minimum absolute atomic E-state index is 0.560. The second-order valence-corrected chi connectivity index (χ2v) is 5.09. The highest BCUT2D eigenvalue weighted by Gasteiger charge is 2.13. The Morgan fingerprint density at radius 1 is 1.35 bits per heavy atom. The molecule has 0 unspecified atom stereocenters. The van der Waals surface area contributed by atoms with Crippen LogP contribution in [0.15, 0.2) is 12.1 Å². The van der Waals surface area contributed by atoms with Crippen LogP contribution in [0.5, 0.6) is 5.88 Å². The zero-order valence-corrected chi connectivity index (χ0v) is 13.0. The van der Waals surface area contributed by atoms with Gasteiger partial charge in [-0.1, -0.05) is 6.92 Å². The van der Waals surface area contributed by atoms with E-state index in [9.17, 15) is 0 Å². The minimum Gasteiger partial charge on any atom is -0.481 e. The smallest absolute Gasteiger partial charge is 0.215 e.